The molecule has 1 saturated carbocycles. The van der Waals surface area contributed by atoms with E-state index in [9.17, 15) is 14.4 Å². The van der Waals surface area contributed by atoms with E-state index in [4.69, 9.17) is 5.11 Å². The summed E-state index contributed by atoms with van der Waals surface area (Å²) in [6.45, 7) is 0. The number of nitrogens with one attached hydrogen (secondary N) is 2. The number of carboxylic acids is 1. The Labute approximate surface area is 109 Å². The fraction of sp³-hybridized carbons (Fsp3) is 0.462. The average Bonchev–Trinajstić information content (AvgIpc) is 2.39. The van der Waals surface area contributed by atoms with Crippen LogP contribution in [-0.4, -0.2) is 28.0 Å². The van der Waals surface area contributed by atoms with Crippen LogP contribution in [0.15, 0.2) is 23.3 Å². The molecule has 0 radical (unpaired) electrons. The first-order chi connectivity index (χ1) is 9.08. The molecular weight excluding hydrogens is 248 g/mol. The third-order valence-electron chi connectivity index (χ3n) is 3.48. The molecule has 1 heterocycles. The number of carbonyl (C=O) groups is 2. The molecule has 6 heteroatoms. The maximum atomic E-state index is 11.9. The molecule has 1 amide bonds. The quantitative estimate of drug-likeness (QED) is 0.750. The van der Waals surface area contributed by atoms with E-state index in [1.807, 2.05) is 0 Å². The standard InChI is InChI=1S/C13H16N2O4/c16-11-5-6-14-7-10(11)12(17)15-9-3-1-8(2-4-9)13(18)19/h5-9H,1-4H2,(H,14,16)(H,15,17)(H,18,19). The fourth-order valence-electron chi connectivity index (χ4n) is 2.34. The summed E-state index contributed by atoms with van der Waals surface area (Å²) in [5.41, 5.74) is -0.238. The Morgan fingerprint density at radius 3 is 2.53 bits per heavy atom. The van der Waals surface area contributed by atoms with Gasteiger partial charge in [-0.15, -0.1) is 0 Å². The van der Waals surface area contributed by atoms with Crippen molar-refractivity contribution in [2.24, 2.45) is 5.92 Å². The van der Waals surface area contributed by atoms with Crippen molar-refractivity contribution in [3.05, 3.63) is 34.2 Å². The summed E-state index contributed by atoms with van der Waals surface area (Å²) in [7, 11) is 0. The van der Waals surface area contributed by atoms with Crippen LogP contribution < -0.4 is 10.7 Å². The van der Waals surface area contributed by atoms with Gasteiger partial charge in [-0.05, 0) is 25.7 Å². The fourth-order valence-corrected chi connectivity index (χ4v) is 2.34. The highest BCUT2D eigenvalue weighted by Gasteiger charge is 2.27. The molecule has 0 atom stereocenters. The Hall–Kier alpha value is -2.11. The number of pyridine rings is 1. The van der Waals surface area contributed by atoms with Crippen molar-refractivity contribution in [3.8, 4) is 0 Å². The Kier molecular flexibility index (Phi) is 3.99. The van der Waals surface area contributed by atoms with E-state index < -0.39 is 11.9 Å². The Bertz CT molecular complexity index is 529. The number of aliphatic carboxylic acids is 1. The molecule has 1 aliphatic rings. The minimum absolute atomic E-state index is 0.0530. The molecule has 0 spiro atoms. The number of aromatic nitrogens is 1. The lowest BCUT2D eigenvalue weighted by molar-refractivity contribution is -0.142. The van der Waals surface area contributed by atoms with Crippen molar-refractivity contribution in [2.45, 2.75) is 31.7 Å². The van der Waals surface area contributed by atoms with Gasteiger partial charge in [0.2, 0.25) is 0 Å². The lowest BCUT2D eigenvalue weighted by Gasteiger charge is -2.26. The summed E-state index contributed by atoms with van der Waals surface area (Å²) >= 11 is 0. The van der Waals surface area contributed by atoms with E-state index >= 15 is 0 Å². The topological polar surface area (TPSA) is 99.3 Å². The monoisotopic (exact) mass is 264 g/mol. The van der Waals surface area contributed by atoms with Crippen molar-refractivity contribution in [1.82, 2.24) is 10.3 Å². The van der Waals surface area contributed by atoms with Crippen molar-refractivity contribution in [3.63, 3.8) is 0 Å². The van der Waals surface area contributed by atoms with Gasteiger partial charge in [0.15, 0.2) is 5.43 Å². The average molecular weight is 264 g/mol. The highest BCUT2D eigenvalue weighted by Crippen LogP contribution is 2.24. The number of aromatic amines is 1. The molecule has 2 rings (SSSR count). The molecule has 0 aliphatic heterocycles. The summed E-state index contributed by atoms with van der Waals surface area (Å²) in [5, 5.41) is 11.7. The van der Waals surface area contributed by atoms with Crippen molar-refractivity contribution in [1.29, 1.82) is 0 Å². The SMILES string of the molecule is O=C(NC1CCC(C(=O)O)CC1)c1c[nH]ccc1=O. The number of rotatable bonds is 3. The zero-order valence-electron chi connectivity index (χ0n) is 10.4. The maximum absolute atomic E-state index is 11.9. The van der Waals surface area contributed by atoms with Crippen LogP contribution in [0.1, 0.15) is 36.0 Å². The van der Waals surface area contributed by atoms with Gasteiger partial charge in [0.25, 0.3) is 5.91 Å². The van der Waals surface area contributed by atoms with Crippen LogP contribution in [0.4, 0.5) is 0 Å². The summed E-state index contributed by atoms with van der Waals surface area (Å²) in [6.07, 6.45) is 5.23. The zero-order valence-corrected chi connectivity index (χ0v) is 10.4. The van der Waals surface area contributed by atoms with Gasteiger partial charge in [-0.25, -0.2) is 0 Å². The molecule has 1 aromatic rings. The lowest BCUT2D eigenvalue weighted by Crippen LogP contribution is -2.40. The maximum Gasteiger partial charge on any atom is 0.306 e. The van der Waals surface area contributed by atoms with E-state index in [1.54, 1.807) is 0 Å². The van der Waals surface area contributed by atoms with Crippen LogP contribution >= 0.6 is 0 Å². The summed E-state index contributed by atoms with van der Waals surface area (Å²) < 4.78 is 0. The number of amides is 1. The lowest BCUT2D eigenvalue weighted by atomic mass is 9.86. The molecule has 0 saturated heterocycles. The first-order valence-electron chi connectivity index (χ1n) is 6.28. The van der Waals surface area contributed by atoms with Gasteiger partial charge in [0.05, 0.1) is 5.92 Å². The third kappa shape index (κ3) is 3.21. The Morgan fingerprint density at radius 2 is 1.95 bits per heavy atom. The molecule has 102 valence electrons. The van der Waals surface area contributed by atoms with E-state index in [2.05, 4.69) is 10.3 Å². The number of hydrogen-bond donors (Lipinski definition) is 3. The Balaban J connectivity index is 1.93. The van der Waals surface area contributed by atoms with Gasteiger partial charge in [-0.1, -0.05) is 0 Å². The van der Waals surface area contributed by atoms with Gasteiger partial charge < -0.3 is 15.4 Å². The predicted molar refractivity (Wildman–Crippen MR) is 67.9 cm³/mol. The highest BCUT2D eigenvalue weighted by atomic mass is 16.4. The molecule has 0 unspecified atom stereocenters. The first kappa shape index (κ1) is 13.3. The molecule has 0 bridgehead atoms. The summed E-state index contributed by atoms with van der Waals surface area (Å²) in [5.74, 6) is -1.49. The smallest absolute Gasteiger partial charge is 0.306 e. The zero-order chi connectivity index (χ0) is 13.8. The van der Waals surface area contributed by atoms with Gasteiger partial charge >= 0.3 is 5.97 Å². The number of H-pyrrole nitrogens is 1. The van der Waals surface area contributed by atoms with Crippen LogP contribution in [0.3, 0.4) is 0 Å². The second-order valence-corrected chi connectivity index (χ2v) is 4.78. The van der Waals surface area contributed by atoms with Crippen molar-refractivity contribution >= 4 is 11.9 Å². The summed E-state index contributed by atoms with van der Waals surface area (Å²) in [6, 6.07) is 1.25. The third-order valence-corrected chi connectivity index (χ3v) is 3.48. The number of hydrogen-bond acceptors (Lipinski definition) is 3. The molecule has 0 aromatic carbocycles. The van der Waals surface area contributed by atoms with Crippen LogP contribution in [0.5, 0.6) is 0 Å². The molecule has 1 aromatic heterocycles. The minimum Gasteiger partial charge on any atom is -0.481 e. The van der Waals surface area contributed by atoms with E-state index in [0.717, 1.165) is 0 Å². The van der Waals surface area contributed by atoms with Crippen LogP contribution in [0, 0.1) is 5.92 Å². The number of carbonyl (C=O) groups excluding carboxylic acids is 1. The molecule has 19 heavy (non-hydrogen) atoms. The molecule has 3 N–H and O–H groups in total. The second kappa shape index (κ2) is 5.69. The van der Waals surface area contributed by atoms with Crippen LogP contribution in [0.2, 0.25) is 0 Å². The first-order valence-corrected chi connectivity index (χ1v) is 6.28. The van der Waals surface area contributed by atoms with Crippen LogP contribution in [0.25, 0.3) is 0 Å². The molecule has 1 aliphatic carbocycles. The molecule has 6 nitrogen and oxygen atoms in total. The molecule has 1 fully saturated rings. The van der Waals surface area contributed by atoms with Gasteiger partial charge in [0, 0.05) is 24.5 Å². The molecular formula is C13H16N2O4. The van der Waals surface area contributed by atoms with Crippen LogP contribution in [-0.2, 0) is 4.79 Å². The van der Waals surface area contributed by atoms with E-state index in [1.165, 1.54) is 18.5 Å². The van der Waals surface area contributed by atoms with Gasteiger partial charge in [0.1, 0.15) is 5.56 Å². The van der Waals surface area contributed by atoms with E-state index in [0.29, 0.717) is 25.7 Å². The summed E-state index contributed by atoms with van der Waals surface area (Å²) in [4.78, 5) is 36.9. The highest BCUT2D eigenvalue weighted by molar-refractivity contribution is 5.93. The Morgan fingerprint density at radius 1 is 1.26 bits per heavy atom. The number of carboxylic acid groups (broad SMARTS) is 1. The van der Waals surface area contributed by atoms with Crippen molar-refractivity contribution < 1.29 is 14.7 Å². The van der Waals surface area contributed by atoms with Gasteiger partial charge in [-0.2, -0.15) is 0 Å². The van der Waals surface area contributed by atoms with Crippen molar-refractivity contribution in [2.75, 3.05) is 0 Å². The van der Waals surface area contributed by atoms with E-state index in [-0.39, 0.29) is 23.0 Å². The van der Waals surface area contributed by atoms with Gasteiger partial charge in [-0.3, -0.25) is 14.4 Å². The second-order valence-electron chi connectivity index (χ2n) is 4.78. The minimum atomic E-state index is -0.774. The normalized spacial score (nSPS) is 22.7. The largest absolute Gasteiger partial charge is 0.481 e. The predicted octanol–water partition coefficient (Wildman–Crippen LogP) is 0.748.